The number of halogens is 2. The fraction of sp³-hybridized carbons (Fsp3) is 0.562. The summed E-state index contributed by atoms with van der Waals surface area (Å²) in [6, 6.07) is 5.24. The van der Waals surface area contributed by atoms with E-state index in [-0.39, 0.29) is 17.9 Å². The Labute approximate surface area is 141 Å². The molecule has 6 heteroatoms. The van der Waals surface area contributed by atoms with E-state index in [0.717, 1.165) is 19.4 Å². The lowest BCUT2D eigenvalue weighted by molar-refractivity contribution is -0.137. The van der Waals surface area contributed by atoms with Crippen LogP contribution in [0.25, 0.3) is 0 Å². The number of hydrogen-bond donors (Lipinski definition) is 1. The van der Waals surface area contributed by atoms with E-state index in [4.69, 9.17) is 27.9 Å². The third-order valence-electron chi connectivity index (χ3n) is 3.82. The molecule has 0 bridgehead atoms. The molecule has 1 aliphatic heterocycles. The van der Waals surface area contributed by atoms with E-state index in [1.807, 2.05) is 18.9 Å². The molecule has 1 aliphatic rings. The van der Waals surface area contributed by atoms with Crippen molar-refractivity contribution >= 4 is 29.1 Å². The van der Waals surface area contributed by atoms with Gasteiger partial charge in [0.1, 0.15) is 11.9 Å². The van der Waals surface area contributed by atoms with Crippen LogP contribution in [0.1, 0.15) is 19.8 Å². The van der Waals surface area contributed by atoms with Gasteiger partial charge in [-0.1, -0.05) is 30.1 Å². The molecule has 0 saturated carbocycles. The number of piperidine rings is 1. The minimum atomic E-state index is -0.0197. The maximum absolute atomic E-state index is 12.4. The first-order valence-corrected chi connectivity index (χ1v) is 8.32. The molecule has 22 heavy (non-hydrogen) atoms. The van der Waals surface area contributed by atoms with Gasteiger partial charge in [0.15, 0.2) is 0 Å². The predicted molar refractivity (Wildman–Crippen MR) is 89.8 cm³/mol. The number of rotatable bonds is 5. The number of nitrogens with zero attached hydrogens (tertiary/aromatic N) is 1. The highest BCUT2D eigenvalue weighted by molar-refractivity contribution is 6.42. The van der Waals surface area contributed by atoms with Crippen molar-refractivity contribution in [3.05, 3.63) is 28.2 Å². The predicted octanol–water partition coefficient (Wildman–Crippen LogP) is 3.22. The Kier molecular flexibility index (Phi) is 6.36. The van der Waals surface area contributed by atoms with Crippen LogP contribution >= 0.6 is 23.2 Å². The van der Waals surface area contributed by atoms with E-state index < -0.39 is 0 Å². The second kappa shape index (κ2) is 8.04. The second-order valence-electron chi connectivity index (χ2n) is 5.70. The van der Waals surface area contributed by atoms with Gasteiger partial charge in [-0.05, 0) is 32.0 Å². The van der Waals surface area contributed by atoms with E-state index in [2.05, 4.69) is 5.32 Å². The molecular formula is C16H22Cl2N2O2. The smallest absolute Gasteiger partial charge is 0.226 e. The topological polar surface area (TPSA) is 41.6 Å². The molecule has 0 spiro atoms. The molecule has 1 saturated heterocycles. The van der Waals surface area contributed by atoms with Crippen LogP contribution in [-0.2, 0) is 4.79 Å². The average Bonchev–Trinajstić information content (AvgIpc) is 2.51. The van der Waals surface area contributed by atoms with Crippen molar-refractivity contribution < 1.29 is 9.53 Å². The number of benzene rings is 1. The van der Waals surface area contributed by atoms with Crippen LogP contribution < -0.4 is 10.1 Å². The molecule has 2 atom stereocenters. The lowest BCUT2D eigenvalue weighted by Crippen LogP contribution is -2.47. The van der Waals surface area contributed by atoms with Crippen molar-refractivity contribution in [3.8, 4) is 5.75 Å². The Morgan fingerprint density at radius 3 is 2.91 bits per heavy atom. The molecule has 1 fully saturated rings. The van der Waals surface area contributed by atoms with Crippen LogP contribution in [0.15, 0.2) is 18.2 Å². The summed E-state index contributed by atoms with van der Waals surface area (Å²) in [6.07, 6.45) is 1.88. The second-order valence-corrected chi connectivity index (χ2v) is 6.52. The summed E-state index contributed by atoms with van der Waals surface area (Å²) in [5, 5.41) is 4.03. The number of amides is 1. The molecule has 1 N–H and O–H groups in total. The molecule has 1 aromatic rings. The Hall–Kier alpha value is -0.970. The summed E-state index contributed by atoms with van der Waals surface area (Å²) in [7, 11) is 1.86. The van der Waals surface area contributed by atoms with Crippen molar-refractivity contribution in [2.45, 2.75) is 25.9 Å². The van der Waals surface area contributed by atoms with Crippen molar-refractivity contribution in [2.75, 3.05) is 26.7 Å². The summed E-state index contributed by atoms with van der Waals surface area (Å²) in [5.74, 6) is 0.850. The lowest BCUT2D eigenvalue weighted by Gasteiger charge is -2.34. The highest BCUT2D eigenvalue weighted by atomic mass is 35.5. The summed E-state index contributed by atoms with van der Waals surface area (Å²) in [4.78, 5) is 14.3. The average molecular weight is 345 g/mol. The van der Waals surface area contributed by atoms with Gasteiger partial charge in [-0.2, -0.15) is 0 Å². The highest BCUT2D eigenvalue weighted by Gasteiger charge is 2.27. The summed E-state index contributed by atoms with van der Waals surface area (Å²) in [6.45, 7) is 4.05. The molecule has 122 valence electrons. The Balaban J connectivity index is 1.95. The fourth-order valence-corrected chi connectivity index (χ4v) is 2.97. The Morgan fingerprint density at radius 1 is 1.45 bits per heavy atom. The molecule has 2 rings (SSSR count). The molecule has 1 heterocycles. The van der Waals surface area contributed by atoms with Crippen LogP contribution in [-0.4, -0.2) is 43.6 Å². The maximum atomic E-state index is 12.4. The molecule has 0 aromatic heterocycles. The van der Waals surface area contributed by atoms with Crippen LogP contribution in [0, 0.1) is 5.92 Å². The summed E-state index contributed by atoms with van der Waals surface area (Å²) >= 11 is 11.9. The number of ether oxygens (including phenoxy) is 1. The van der Waals surface area contributed by atoms with Gasteiger partial charge in [-0.3, -0.25) is 4.79 Å². The van der Waals surface area contributed by atoms with Crippen LogP contribution in [0.2, 0.25) is 10.0 Å². The normalized spacial score (nSPS) is 19.8. The highest BCUT2D eigenvalue weighted by Crippen LogP contribution is 2.28. The maximum Gasteiger partial charge on any atom is 0.226 e. The zero-order chi connectivity index (χ0) is 16.1. The minimum Gasteiger partial charge on any atom is -0.489 e. The summed E-state index contributed by atoms with van der Waals surface area (Å²) in [5.41, 5.74) is 0. The Bertz CT molecular complexity index is 525. The molecule has 2 unspecified atom stereocenters. The zero-order valence-corrected chi connectivity index (χ0v) is 14.5. The molecule has 0 radical (unpaired) electrons. The van der Waals surface area contributed by atoms with Gasteiger partial charge in [0.05, 0.1) is 16.6 Å². The lowest BCUT2D eigenvalue weighted by atomic mass is 10.0. The van der Waals surface area contributed by atoms with Crippen molar-refractivity contribution in [1.82, 2.24) is 10.2 Å². The minimum absolute atomic E-state index is 0.00303. The van der Waals surface area contributed by atoms with Gasteiger partial charge >= 0.3 is 0 Å². The van der Waals surface area contributed by atoms with Crippen LogP contribution in [0.4, 0.5) is 0 Å². The van der Waals surface area contributed by atoms with Crippen molar-refractivity contribution in [2.24, 2.45) is 5.92 Å². The number of hydrogen-bond acceptors (Lipinski definition) is 3. The van der Waals surface area contributed by atoms with Gasteiger partial charge in [-0.15, -0.1) is 0 Å². The first kappa shape index (κ1) is 17.4. The SMILES string of the molecule is CNCC(C)C(=O)N1CCCC(Oc2ccc(Cl)c(Cl)c2)C1. The van der Waals surface area contributed by atoms with E-state index in [0.29, 0.717) is 28.9 Å². The Morgan fingerprint density at radius 2 is 2.23 bits per heavy atom. The number of likely N-dealkylation sites (tertiary alicyclic amines) is 1. The van der Waals surface area contributed by atoms with Crippen molar-refractivity contribution in [3.63, 3.8) is 0 Å². The van der Waals surface area contributed by atoms with Gasteiger partial charge in [0.2, 0.25) is 5.91 Å². The number of carbonyl (C=O) groups is 1. The third-order valence-corrected chi connectivity index (χ3v) is 4.55. The molecule has 0 aliphatic carbocycles. The van der Waals surface area contributed by atoms with E-state index in [1.54, 1.807) is 18.2 Å². The first-order chi connectivity index (χ1) is 10.5. The van der Waals surface area contributed by atoms with E-state index in [1.165, 1.54) is 0 Å². The molecular weight excluding hydrogens is 323 g/mol. The van der Waals surface area contributed by atoms with E-state index in [9.17, 15) is 4.79 Å². The number of nitrogens with one attached hydrogen (secondary N) is 1. The van der Waals surface area contributed by atoms with Gasteiger partial charge in [0.25, 0.3) is 0 Å². The molecule has 4 nitrogen and oxygen atoms in total. The monoisotopic (exact) mass is 344 g/mol. The van der Waals surface area contributed by atoms with Gasteiger partial charge in [-0.25, -0.2) is 0 Å². The largest absolute Gasteiger partial charge is 0.489 e. The third kappa shape index (κ3) is 4.51. The fourth-order valence-electron chi connectivity index (χ4n) is 2.68. The van der Waals surface area contributed by atoms with Crippen LogP contribution in [0.3, 0.4) is 0 Å². The molecule has 1 amide bonds. The van der Waals surface area contributed by atoms with Gasteiger partial charge < -0.3 is 15.0 Å². The van der Waals surface area contributed by atoms with Crippen molar-refractivity contribution in [1.29, 1.82) is 0 Å². The standard InChI is InChI=1S/C16H22Cl2N2O2/c1-11(9-19-2)16(21)20-7-3-4-13(10-20)22-12-5-6-14(17)15(18)8-12/h5-6,8,11,13,19H,3-4,7,9-10H2,1-2H3. The zero-order valence-electron chi connectivity index (χ0n) is 12.9. The van der Waals surface area contributed by atoms with E-state index >= 15 is 0 Å². The van der Waals surface area contributed by atoms with Crippen LogP contribution in [0.5, 0.6) is 5.75 Å². The number of carbonyl (C=O) groups excluding carboxylic acids is 1. The first-order valence-electron chi connectivity index (χ1n) is 7.56. The molecule has 1 aromatic carbocycles. The van der Waals surface area contributed by atoms with Gasteiger partial charge in [0, 0.05) is 25.1 Å². The quantitative estimate of drug-likeness (QED) is 0.891. The summed E-state index contributed by atoms with van der Waals surface area (Å²) < 4.78 is 5.96.